The normalized spacial score (nSPS) is 13.0. The topological polar surface area (TPSA) is 35.2 Å². The Hall–Kier alpha value is -1.02. The van der Waals surface area contributed by atoms with E-state index in [1.54, 1.807) is 0 Å². The first kappa shape index (κ1) is 13.0. The maximum Gasteiger partial charge on any atom is 0.123 e. The lowest BCUT2D eigenvalue weighted by molar-refractivity contribution is 0.240. The maximum atomic E-state index is 5.99. The SMILES string of the molecule is Cc1cc(OC(C)C)c(C)c(C)c1C(C)N. The summed E-state index contributed by atoms with van der Waals surface area (Å²) in [6.45, 7) is 12.4. The van der Waals surface area contributed by atoms with Crippen molar-refractivity contribution < 1.29 is 4.74 Å². The van der Waals surface area contributed by atoms with Gasteiger partial charge in [0.05, 0.1) is 6.10 Å². The van der Waals surface area contributed by atoms with Crippen molar-refractivity contribution >= 4 is 0 Å². The smallest absolute Gasteiger partial charge is 0.123 e. The average Bonchev–Trinajstić information content (AvgIpc) is 2.12. The Morgan fingerprint density at radius 3 is 2.06 bits per heavy atom. The van der Waals surface area contributed by atoms with Gasteiger partial charge >= 0.3 is 0 Å². The summed E-state index contributed by atoms with van der Waals surface area (Å²) in [5.74, 6) is 0.981. The maximum absolute atomic E-state index is 5.99. The molecule has 0 aromatic heterocycles. The van der Waals surface area contributed by atoms with Crippen molar-refractivity contribution in [3.63, 3.8) is 0 Å². The number of rotatable bonds is 3. The van der Waals surface area contributed by atoms with E-state index in [9.17, 15) is 0 Å². The first-order valence-corrected chi connectivity index (χ1v) is 5.87. The molecule has 0 fully saturated rings. The molecule has 2 nitrogen and oxygen atoms in total. The number of hydrogen-bond donors (Lipinski definition) is 1. The number of hydrogen-bond acceptors (Lipinski definition) is 2. The molecule has 2 heteroatoms. The highest BCUT2D eigenvalue weighted by molar-refractivity contribution is 5.49. The minimum absolute atomic E-state index is 0.0757. The fourth-order valence-electron chi connectivity index (χ4n) is 2.14. The van der Waals surface area contributed by atoms with Crippen LogP contribution in [0.25, 0.3) is 0 Å². The van der Waals surface area contributed by atoms with Crippen LogP contribution in [0.3, 0.4) is 0 Å². The van der Waals surface area contributed by atoms with Crippen LogP contribution in [0.2, 0.25) is 0 Å². The monoisotopic (exact) mass is 221 g/mol. The van der Waals surface area contributed by atoms with Gasteiger partial charge in [0.25, 0.3) is 0 Å². The molecule has 1 aromatic carbocycles. The highest BCUT2D eigenvalue weighted by Crippen LogP contribution is 2.31. The summed E-state index contributed by atoms with van der Waals surface area (Å²) in [4.78, 5) is 0. The van der Waals surface area contributed by atoms with E-state index in [-0.39, 0.29) is 12.1 Å². The van der Waals surface area contributed by atoms with Gasteiger partial charge in [0.2, 0.25) is 0 Å². The second-order valence-corrected chi connectivity index (χ2v) is 4.81. The van der Waals surface area contributed by atoms with Crippen LogP contribution in [0, 0.1) is 20.8 Å². The van der Waals surface area contributed by atoms with E-state index >= 15 is 0 Å². The van der Waals surface area contributed by atoms with Crippen molar-refractivity contribution in [2.75, 3.05) is 0 Å². The minimum Gasteiger partial charge on any atom is -0.491 e. The minimum atomic E-state index is 0.0757. The van der Waals surface area contributed by atoms with Gasteiger partial charge in [-0.2, -0.15) is 0 Å². The zero-order valence-corrected chi connectivity index (χ0v) is 11.2. The third-order valence-electron chi connectivity index (χ3n) is 2.93. The second kappa shape index (κ2) is 4.88. The summed E-state index contributed by atoms with van der Waals surface area (Å²) in [7, 11) is 0. The van der Waals surface area contributed by atoms with Gasteiger partial charge in [-0.3, -0.25) is 0 Å². The molecule has 0 bridgehead atoms. The van der Waals surface area contributed by atoms with Gasteiger partial charge in [-0.25, -0.2) is 0 Å². The summed E-state index contributed by atoms with van der Waals surface area (Å²) in [5.41, 5.74) is 10.9. The van der Waals surface area contributed by atoms with Crippen LogP contribution >= 0.6 is 0 Å². The number of aryl methyl sites for hydroxylation is 1. The first-order chi connectivity index (χ1) is 7.34. The first-order valence-electron chi connectivity index (χ1n) is 5.87. The molecule has 0 saturated carbocycles. The van der Waals surface area contributed by atoms with Crippen LogP contribution < -0.4 is 10.5 Å². The summed E-state index contributed by atoms with van der Waals surface area (Å²) in [6.07, 6.45) is 0.207. The van der Waals surface area contributed by atoms with E-state index in [0.29, 0.717) is 0 Å². The third-order valence-corrected chi connectivity index (χ3v) is 2.93. The predicted octanol–water partition coefficient (Wildman–Crippen LogP) is 3.42. The molecular formula is C14H23NO. The van der Waals surface area contributed by atoms with Crippen molar-refractivity contribution in [3.05, 3.63) is 28.3 Å². The molecule has 0 spiro atoms. The van der Waals surface area contributed by atoms with Crippen LogP contribution in [-0.4, -0.2) is 6.10 Å². The van der Waals surface area contributed by atoms with E-state index in [2.05, 4.69) is 26.8 Å². The molecule has 0 aliphatic heterocycles. The molecule has 0 radical (unpaired) electrons. The number of nitrogens with two attached hydrogens (primary N) is 1. The van der Waals surface area contributed by atoms with Gasteiger partial charge < -0.3 is 10.5 Å². The van der Waals surface area contributed by atoms with E-state index in [4.69, 9.17) is 10.5 Å². The zero-order valence-electron chi connectivity index (χ0n) is 11.2. The Labute approximate surface area is 98.8 Å². The molecule has 0 heterocycles. The number of benzene rings is 1. The molecule has 16 heavy (non-hydrogen) atoms. The zero-order chi connectivity index (χ0) is 12.5. The molecule has 0 aliphatic carbocycles. The molecule has 1 unspecified atom stereocenters. The standard InChI is InChI=1S/C14H23NO/c1-8(2)16-13-7-9(3)14(12(6)15)11(5)10(13)4/h7-8,12H,15H2,1-6H3. The molecule has 2 N–H and O–H groups in total. The third kappa shape index (κ3) is 2.56. The van der Waals surface area contributed by atoms with Crippen molar-refractivity contribution in [1.29, 1.82) is 0 Å². The van der Waals surface area contributed by atoms with Gasteiger partial charge in [0.1, 0.15) is 5.75 Å². The van der Waals surface area contributed by atoms with Gasteiger partial charge in [0.15, 0.2) is 0 Å². The van der Waals surface area contributed by atoms with Crippen molar-refractivity contribution in [2.24, 2.45) is 5.73 Å². The van der Waals surface area contributed by atoms with Crippen molar-refractivity contribution in [3.8, 4) is 5.75 Å². The molecule has 0 saturated heterocycles. The second-order valence-electron chi connectivity index (χ2n) is 4.81. The van der Waals surface area contributed by atoms with Crippen LogP contribution in [0.5, 0.6) is 5.75 Å². The fraction of sp³-hybridized carbons (Fsp3) is 0.571. The van der Waals surface area contributed by atoms with E-state index in [0.717, 1.165) is 5.75 Å². The molecule has 1 rings (SSSR count). The Bertz CT molecular complexity index is 381. The van der Waals surface area contributed by atoms with Crippen LogP contribution in [0.15, 0.2) is 6.07 Å². The highest BCUT2D eigenvalue weighted by atomic mass is 16.5. The summed E-state index contributed by atoms with van der Waals surface area (Å²) >= 11 is 0. The predicted molar refractivity (Wildman–Crippen MR) is 69.0 cm³/mol. The average molecular weight is 221 g/mol. The quantitative estimate of drug-likeness (QED) is 0.848. The van der Waals surface area contributed by atoms with Crippen LogP contribution in [0.4, 0.5) is 0 Å². The van der Waals surface area contributed by atoms with Crippen LogP contribution in [0.1, 0.15) is 49.1 Å². The number of ether oxygens (including phenoxy) is 1. The Kier molecular flexibility index (Phi) is 3.98. The summed E-state index contributed by atoms with van der Waals surface area (Å²) < 4.78 is 5.80. The molecule has 90 valence electrons. The highest BCUT2D eigenvalue weighted by Gasteiger charge is 2.14. The Morgan fingerprint density at radius 2 is 1.62 bits per heavy atom. The molecule has 1 atom stereocenters. The van der Waals surface area contributed by atoms with Crippen LogP contribution in [-0.2, 0) is 0 Å². The van der Waals surface area contributed by atoms with Gasteiger partial charge in [0, 0.05) is 6.04 Å². The van der Waals surface area contributed by atoms with Gasteiger partial charge in [-0.05, 0) is 69.9 Å². The van der Waals surface area contributed by atoms with Gasteiger partial charge in [-0.1, -0.05) is 0 Å². The molecule has 0 amide bonds. The molecular weight excluding hydrogens is 198 g/mol. The largest absolute Gasteiger partial charge is 0.491 e. The lowest BCUT2D eigenvalue weighted by Crippen LogP contribution is -2.13. The lowest BCUT2D eigenvalue weighted by Gasteiger charge is -2.20. The summed E-state index contributed by atoms with van der Waals surface area (Å²) in [6, 6.07) is 2.17. The fourth-order valence-corrected chi connectivity index (χ4v) is 2.14. The Balaban J connectivity index is 3.28. The van der Waals surface area contributed by atoms with Crippen molar-refractivity contribution in [1.82, 2.24) is 0 Å². The van der Waals surface area contributed by atoms with E-state index < -0.39 is 0 Å². The van der Waals surface area contributed by atoms with Crippen molar-refractivity contribution in [2.45, 2.75) is 53.7 Å². The van der Waals surface area contributed by atoms with E-state index in [1.165, 1.54) is 22.3 Å². The molecule has 1 aromatic rings. The lowest BCUT2D eigenvalue weighted by atomic mass is 9.93. The van der Waals surface area contributed by atoms with E-state index in [1.807, 2.05) is 20.8 Å². The Morgan fingerprint density at radius 1 is 1.06 bits per heavy atom. The van der Waals surface area contributed by atoms with Gasteiger partial charge in [-0.15, -0.1) is 0 Å². The molecule has 0 aliphatic rings. The summed E-state index contributed by atoms with van der Waals surface area (Å²) in [5, 5.41) is 0.